The van der Waals surface area contributed by atoms with Gasteiger partial charge in [-0.2, -0.15) is 0 Å². The van der Waals surface area contributed by atoms with Crippen molar-refractivity contribution in [2.45, 2.75) is 20.8 Å². The van der Waals surface area contributed by atoms with Gasteiger partial charge >= 0.3 is 7.12 Å². The molecular weight excluding hydrogens is 127 g/mol. The first kappa shape index (κ1) is 7.83. The summed E-state index contributed by atoms with van der Waals surface area (Å²) in [5.41, 5.74) is 1.32. The van der Waals surface area contributed by atoms with Crippen LogP contribution >= 0.6 is 0 Å². The van der Waals surface area contributed by atoms with E-state index in [1.165, 1.54) is 5.57 Å². The molecule has 1 N–H and O–H groups in total. The average molecular weight is 140 g/mol. The van der Waals surface area contributed by atoms with E-state index in [0.29, 0.717) is 6.61 Å². The maximum Gasteiger partial charge on any atom is 0.483 e. The first-order chi connectivity index (χ1) is 4.50. The van der Waals surface area contributed by atoms with Crippen molar-refractivity contribution in [1.29, 1.82) is 0 Å². The van der Waals surface area contributed by atoms with Crippen molar-refractivity contribution < 1.29 is 9.68 Å². The Kier molecular flexibility index (Phi) is 1.88. The first-order valence-corrected chi connectivity index (χ1v) is 3.51. The van der Waals surface area contributed by atoms with Crippen LogP contribution in [0.1, 0.15) is 20.8 Å². The highest BCUT2D eigenvalue weighted by Crippen LogP contribution is 2.28. The third kappa shape index (κ3) is 1.61. The van der Waals surface area contributed by atoms with E-state index in [0.717, 1.165) is 0 Å². The molecule has 0 unspecified atom stereocenters. The zero-order valence-electron chi connectivity index (χ0n) is 6.72. The summed E-state index contributed by atoms with van der Waals surface area (Å²) < 4.78 is 4.95. The Labute approximate surface area is 62.0 Å². The fourth-order valence-electron chi connectivity index (χ4n) is 0.910. The summed E-state index contributed by atoms with van der Waals surface area (Å²) in [5.74, 6) is 1.78. The minimum Gasteiger partial charge on any atom is -0.423 e. The Morgan fingerprint density at radius 1 is 1.60 bits per heavy atom. The van der Waals surface area contributed by atoms with Gasteiger partial charge in [0.05, 0.1) is 6.61 Å². The van der Waals surface area contributed by atoms with Crippen LogP contribution in [0.3, 0.4) is 0 Å². The predicted molar refractivity (Wildman–Crippen MR) is 41.5 cm³/mol. The molecule has 56 valence electrons. The Morgan fingerprint density at radius 3 is 2.40 bits per heavy atom. The summed E-state index contributed by atoms with van der Waals surface area (Å²) in [7, 11) is -0.672. The summed E-state index contributed by atoms with van der Waals surface area (Å²) in [4.78, 5) is 0. The zero-order chi connectivity index (χ0) is 7.78. The summed E-state index contributed by atoms with van der Waals surface area (Å²) in [6.45, 7) is 6.91. The molecule has 0 aliphatic carbocycles. The van der Waals surface area contributed by atoms with Crippen LogP contribution in [0.25, 0.3) is 0 Å². The molecule has 0 fully saturated rings. The van der Waals surface area contributed by atoms with Gasteiger partial charge in [0, 0.05) is 0 Å². The zero-order valence-corrected chi connectivity index (χ0v) is 6.72. The van der Waals surface area contributed by atoms with Gasteiger partial charge in [0.1, 0.15) is 0 Å². The molecule has 2 nitrogen and oxygen atoms in total. The highest BCUT2D eigenvalue weighted by atomic mass is 16.5. The van der Waals surface area contributed by atoms with E-state index in [4.69, 9.17) is 9.68 Å². The molecule has 0 amide bonds. The van der Waals surface area contributed by atoms with E-state index >= 15 is 0 Å². The monoisotopic (exact) mass is 140 g/mol. The Balaban J connectivity index is 2.67. The maximum absolute atomic E-state index is 8.96. The van der Waals surface area contributed by atoms with Crippen LogP contribution in [-0.2, 0) is 4.65 Å². The van der Waals surface area contributed by atoms with Gasteiger partial charge in [0.15, 0.2) is 0 Å². The van der Waals surface area contributed by atoms with E-state index < -0.39 is 7.12 Å². The lowest BCUT2D eigenvalue weighted by molar-refractivity contribution is 0.291. The van der Waals surface area contributed by atoms with Crippen molar-refractivity contribution in [2.24, 2.45) is 5.41 Å². The van der Waals surface area contributed by atoms with Crippen molar-refractivity contribution in [3.63, 3.8) is 0 Å². The first-order valence-electron chi connectivity index (χ1n) is 3.51. The normalized spacial score (nSPS) is 19.6. The smallest absolute Gasteiger partial charge is 0.423 e. The van der Waals surface area contributed by atoms with E-state index in [-0.39, 0.29) is 5.41 Å². The molecule has 0 radical (unpaired) electrons. The summed E-state index contributed by atoms with van der Waals surface area (Å²) >= 11 is 0. The van der Waals surface area contributed by atoms with Crippen LogP contribution < -0.4 is 0 Å². The minimum atomic E-state index is -0.672. The second-order valence-electron chi connectivity index (χ2n) is 3.64. The lowest BCUT2D eigenvalue weighted by Gasteiger charge is -2.19. The van der Waals surface area contributed by atoms with Crippen LogP contribution in [0, 0.1) is 5.41 Å². The number of hydrogen-bond donors (Lipinski definition) is 1. The topological polar surface area (TPSA) is 29.5 Å². The van der Waals surface area contributed by atoms with Crippen LogP contribution in [0.2, 0.25) is 0 Å². The molecule has 10 heavy (non-hydrogen) atoms. The molecule has 0 aromatic carbocycles. The lowest BCUT2D eigenvalue weighted by atomic mass is 9.81. The molecule has 0 spiro atoms. The third-order valence-electron chi connectivity index (χ3n) is 1.72. The van der Waals surface area contributed by atoms with Gasteiger partial charge in [0.25, 0.3) is 0 Å². The lowest BCUT2D eigenvalue weighted by Crippen LogP contribution is -2.10. The van der Waals surface area contributed by atoms with Gasteiger partial charge < -0.3 is 9.68 Å². The van der Waals surface area contributed by atoms with Crippen LogP contribution in [0.5, 0.6) is 0 Å². The van der Waals surface area contributed by atoms with Crippen molar-refractivity contribution >= 4 is 7.12 Å². The van der Waals surface area contributed by atoms with E-state index in [1.54, 1.807) is 5.98 Å². The molecular formula is C7H13BO2. The van der Waals surface area contributed by atoms with Crippen LogP contribution in [0.4, 0.5) is 0 Å². The maximum atomic E-state index is 8.96. The van der Waals surface area contributed by atoms with Crippen molar-refractivity contribution in [2.75, 3.05) is 6.61 Å². The second kappa shape index (κ2) is 2.40. The molecule has 0 atom stereocenters. The summed E-state index contributed by atoms with van der Waals surface area (Å²) in [6, 6.07) is 0. The molecule has 1 rings (SSSR count). The predicted octanol–water partition coefficient (Wildman–Crippen LogP) is 1.01. The number of hydrogen-bond acceptors (Lipinski definition) is 2. The molecule has 1 aliphatic rings. The van der Waals surface area contributed by atoms with Crippen molar-refractivity contribution in [3.8, 4) is 0 Å². The molecule has 3 heteroatoms. The fourth-order valence-corrected chi connectivity index (χ4v) is 0.910. The van der Waals surface area contributed by atoms with Gasteiger partial charge in [-0.25, -0.2) is 0 Å². The molecule has 0 saturated carbocycles. The minimum absolute atomic E-state index is 0.136. The van der Waals surface area contributed by atoms with Crippen LogP contribution in [0.15, 0.2) is 11.5 Å². The Morgan fingerprint density at radius 2 is 2.20 bits per heavy atom. The van der Waals surface area contributed by atoms with Crippen molar-refractivity contribution in [3.05, 3.63) is 11.5 Å². The van der Waals surface area contributed by atoms with Crippen molar-refractivity contribution in [1.82, 2.24) is 0 Å². The van der Waals surface area contributed by atoms with E-state index in [2.05, 4.69) is 20.8 Å². The highest BCUT2D eigenvalue weighted by Gasteiger charge is 2.26. The summed E-state index contributed by atoms with van der Waals surface area (Å²) in [5, 5.41) is 8.96. The Hall–Kier alpha value is -0.275. The summed E-state index contributed by atoms with van der Waals surface area (Å²) in [6.07, 6.45) is 0. The molecule has 0 aromatic heterocycles. The average Bonchev–Trinajstić information content (AvgIpc) is 2.11. The molecule has 0 saturated heterocycles. The van der Waals surface area contributed by atoms with Gasteiger partial charge in [-0.05, 0) is 11.0 Å². The molecule has 0 bridgehead atoms. The Bertz CT molecular complexity index is 157. The molecule has 0 aromatic rings. The van der Waals surface area contributed by atoms with Gasteiger partial charge in [0.2, 0.25) is 0 Å². The van der Waals surface area contributed by atoms with Gasteiger partial charge in [-0.3, -0.25) is 0 Å². The van der Waals surface area contributed by atoms with E-state index in [1.807, 2.05) is 0 Å². The SMILES string of the molecule is CC(C)(C)C1=CB(O)OC1. The van der Waals surface area contributed by atoms with Gasteiger partial charge in [-0.15, -0.1) is 0 Å². The number of rotatable bonds is 0. The fraction of sp³-hybridized carbons (Fsp3) is 0.714. The second-order valence-corrected chi connectivity index (χ2v) is 3.64. The quantitative estimate of drug-likeness (QED) is 0.508. The third-order valence-corrected chi connectivity index (χ3v) is 1.72. The largest absolute Gasteiger partial charge is 0.483 e. The van der Waals surface area contributed by atoms with Crippen LogP contribution in [-0.4, -0.2) is 18.7 Å². The van der Waals surface area contributed by atoms with Gasteiger partial charge in [-0.1, -0.05) is 26.7 Å². The molecule has 1 aliphatic heterocycles. The molecule has 1 heterocycles. The standard InChI is InChI=1S/C7H13BO2/c1-7(2,3)6-4-8(9)10-5-6/h4,9H,5H2,1-3H3. The van der Waals surface area contributed by atoms with E-state index in [9.17, 15) is 0 Å². The highest BCUT2D eigenvalue weighted by molar-refractivity contribution is 6.50.